The molecule has 4 heteroatoms. The van der Waals surface area contributed by atoms with Crippen LogP contribution in [0.3, 0.4) is 0 Å². The van der Waals surface area contributed by atoms with Crippen molar-refractivity contribution >= 4 is 5.91 Å². The number of nitrogens with one attached hydrogen (secondary N) is 1. The zero-order valence-electron chi connectivity index (χ0n) is 11.2. The third-order valence-corrected chi connectivity index (χ3v) is 2.89. The van der Waals surface area contributed by atoms with E-state index < -0.39 is 0 Å². The van der Waals surface area contributed by atoms with Gasteiger partial charge in [0.1, 0.15) is 0 Å². The third-order valence-electron chi connectivity index (χ3n) is 2.89. The number of nitrogens with two attached hydrogens (primary N) is 1. The SMILES string of the molecule is CC(CN)C(=O)NCCN(C)Cc1ccccc1. The average molecular weight is 249 g/mol. The fourth-order valence-corrected chi connectivity index (χ4v) is 1.63. The highest BCUT2D eigenvalue weighted by Crippen LogP contribution is 2.01. The largest absolute Gasteiger partial charge is 0.355 e. The van der Waals surface area contributed by atoms with Crippen LogP contribution in [0, 0.1) is 5.92 Å². The summed E-state index contributed by atoms with van der Waals surface area (Å²) in [6, 6.07) is 10.3. The highest BCUT2D eigenvalue weighted by Gasteiger charge is 2.09. The molecule has 18 heavy (non-hydrogen) atoms. The summed E-state index contributed by atoms with van der Waals surface area (Å²) in [7, 11) is 2.05. The quantitative estimate of drug-likeness (QED) is 0.752. The summed E-state index contributed by atoms with van der Waals surface area (Å²) in [4.78, 5) is 13.7. The average Bonchev–Trinajstić information content (AvgIpc) is 2.38. The Hall–Kier alpha value is -1.39. The second kappa shape index (κ2) is 7.84. The van der Waals surface area contributed by atoms with E-state index in [9.17, 15) is 4.79 Å². The molecule has 1 unspecified atom stereocenters. The highest BCUT2D eigenvalue weighted by atomic mass is 16.1. The van der Waals surface area contributed by atoms with Crippen LogP contribution in [0.15, 0.2) is 30.3 Å². The number of likely N-dealkylation sites (N-methyl/N-ethyl adjacent to an activating group) is 1. The van der Waals surface area contributed by atoms with Crippen LogP contribution in [0.25, 0.3) is 0 Å². The Morgan fingerprint density at radius 2 is 2.06 bits per heavy atom. The lowest BCUT2D eigenvalue weighted by molar-refractivity contribution is -0.124. The fourth-order valence-electron chi connectivity index (χ4n) is 1.63. The van der Waals surface area contributed by atoms with Crippen LogP contribution in [0.4, 0.5) is 0 Å². The van der Waals surface area contributed by atoms with Crippen LogP contribution in [0.5, 0.6) is 0 Å². The van der Waals surface area contributed by atoms with E-state index in [0.29, 0.717) is 13.1 Å². The molecule has 0 aromatic heterocycles. The third kappa shape index (κ3) is 5.29. The normalized spacial score (nSPS) is 12.4. The lowest BCUT2D eigenvalue weighted by Gasteiger charge is -2.17. The standard InChI is InChI=1S/C14H23N3O/c1-12(10-15)14(18)16-8-9-17(2)11-13-6-4-3-5-7-13/h3-7,12H,8-11,15H2,1-2H3,(H,16,18). The van der Waals surface area contributed by atoms with Gasteiger partial charge >= 0.3 is 0 Å². The number of carbonyl (C=O) groups excluding carboxylic acids is 1. The minimum absolute atomic E-state index is 0.0330. The maximum absolute atomic E-state index is 11.5. The lowest BCUT2D eigenvalue weighted by Crippen LogP contribution is -2.37. The molecule has 0 saturated heterocycles. The van der Waals surface area contributed by atoms with Crippen molar-refractivity contribution < 1.29 is 4.79 Å². The Balaban J connectivity index is 2.22. The molecule has 0 aliphatic carbocycles. The molecular weight excluding hydrogens is 226 g/mol. The van der Waals surface area contributed by atoms with Gasteiger partial charge in [-0.05, 0) is 12.6 Å². The fraction of sp³-hybridized carbons (Fsp3) is 0.500. The van der Waals surface area contributed by atoms with Gasteiger partial charge in [0.2, 0.25) is 5.91 Å². The van der Waals surface area contributed by atoms with Crippen molar-refractivity contribution in [1.82, 2.24) is 10.2 Å². The number of benzene rings is 1. The van der Waals surface area contributed by atoms with Crippen LogP contribution in [-0.4, -0.2) is 37.5 Å². The van der Waals surface area contributed by atoms with E-state index in [2.05, 4.69) is 22.3 Å². The van der Waals surface area contributed by atoms with Gasteiger partial charge in [0.05, 0.1) is 0 Å². The maximum atomic E-state index is 11.5. The second-order valence-corrected chi connectivity index (χ2v) is 4.65. The number of nitrogens with zero attached hydrogens (tertiary/aromatic N) is 1. The molecule has 0 radical (unpaired) electrons. The Bertz CT molecular complexity index is 353. The Kier molecular flexibility index (Phi) is 6.39. The highest BCUT2D eigenvalue weighted by molar-refractivity contribution is 5.78. The summed E-state index contributed by atoms with van der Waals surface area (Å²) < 4.78 is 0. The van der Waals surface area contributed by atoms with Crippen molar-refractivity contribution in [3.05, 3.63) is 35.9 Å². The van der Waals surface area contributed by atoms with E-state index in [4.69, 9.17) is 5.73 Å². The van der Waals surface area contributed by atoms with Crippen molar-refractivity contribution in [2.24, 2.45) is 11.7 Å². The topological polar surface area (TPSA) is 58.4 Å². The van der Waals surface area contributed by atoms with E-state index in [1.54, 1.807) is 0 Å². The van der Waals surface area contributed by atoms with E-state index in [-0.39, 0.29) is 11.8 Å². The monoisotopic (exact) mass is 249 g/mol. The van der Waals surface area contributed by atoms with E-state index in [1.807, 2.05) is 32.2 Å². The van der Waals surface area contributed by atoms with E-state index >= 15 is 0 Å². The first-order chi connectivity index (χ1) is 8.63. The van der Waals surface area contributed by atoms with Gasteiger partial charge in [-0.2, -0.15) is 0 Å². The summed E-state index contributed by atoms with van der Waals surface area (Å²) in [5.74, 6) is -0.0740. The van der Waals surface area contributed by atoms with Gasteiger partial charge in [-0.25, -0.2) is 0 Å². The summed E-state index contributed by atoms with van der Waals surface area (Å²) >= 11 is 0. The molecule has 4 nitrogen and oxygen atoms in total. The summed E-state index contributed by atoms with van der Waals surface area (Å²) in [6.45, 7) is 4.61. The van der Waals surface area contributed by atoms with Gasteiger partial charge in [-0.3, -0.25) is 4.79 Å². The van der Waals surface area contributed by atoms with Gasteiger partial charge in [-0.15, -0.1) is 0 Å². The molecule has 1 aromatic rings. The minimum Gasteiger partial charge on any atom is -0.355 e. The van der Waals surface area contributed by atoms with Crippen LogP contribution < -0.4 is 11.1 Å². The van der Waals surface area contributed by atoms with Crippen molar-refractivity contribution in [1.29, 1.82) is 0 Å². The van der Waals surface area contributed by atoms with Crippen LogP contribution in [0.2, 0.25) is 0 Å². The van der Waals surface area contributed by atoms with E-state index in [0.717, 1.165) is 13.1 Å². The predicted molar refractivity (Wildman–Crippen MR) is 74.0 cm³/mol. The van der Waals surface area contributed by atoms with Gasteiger partial charge in [-0.1, -0.05) is 37.3 Å². The molecule has 1 aromatic carbocycles. The number of hydrogen-bond donors (Lipinski definition) is 2. The molecule has 0 bridgehead atoms. The molecule has 1 amide bonds. The molecule has 3 N–H and O–H groups in total. The van der Waals surface area contributed by atoms with Crippen LogP contribution in [-0.2, 0) is 11.3 Å². The van der Waals surface area contributed by atoms with Gasteiger partial charge in [0.25, 0.3) is 0 Å². The van der Waals surface area contributed by atoms with Crippen molar-refractivity contribution in [3.63, 3.8) is 0 Å². The summed E-state index contributed by atoms with van der Waals surface area (Å²) in [5.41, 5.74) is 6.71. The molecule has 0 fully saturated rings. The smallest absolute Gasteiger partial charge is 0.224 e. The summed E-state index contributed by atoms with van der Waals surface area (Å²) in [5, 5.41) is 2.89. The molecule has 0 heterocycles. The molecule has 1 atom stereocenters. The number of carbonyl (C=O) groups is 1. The first-order valence-electron chi connectivity index (χ1n) is 6.33. The molecule has 0 aliphatic rings. The first-order valence-corrected chi connectivity index (χ1v) is 6.33. The number of amides is 1. The van der Waals surface area contributed by atoms with Crippen molar-refractivity contribution in [2.45, 2.75) is 13.5 Å². The van der Waals surface area contributed by atoms with Crippen LogP contribution >= 0.6 is 0 Å². The second-order valence-electron chi connectivity index (χ2n) is 4.65. The Morgan fingerprint density at radius 3 is 2.67 bits per heavy atom. The molecule has 0 aliphatic heterocycles. The van der Waals surface area contributed by atoms with Crippen molar-refractivity contribution in [3.8, 4) is 0 Å². The van der Waals surface area contributed by atoms with Gasteiger partial charge < -0.3 is 16.0 Å². The zero-order chi connectivity index (χ0) is 13.4. The number of rotatable bonds is 7. The van der Waals surface area contributed by atoms with Gasteiger partial charge in [0.15, 0.2) is 0 Å². The van der Waals surface area contributed by atoms with Gasteiger partial charge in [0, 0.05) is 32.1 Å². The molecular formula is C14H23N3O. The molecule has 0 spiro atoms. The Labute approximate surface area is 109 Å². The molecule has 100 valence electrons. The van der Waals surface area contributed by atoms with Crippen LogP contribution in [0.1, 0.15) is 12.5 Å². The molecule has 0 saturated carbocycles. The number of hydrogen-bond acceptors (Lipinski definition) is 3. The lowest BCUT2D eigenvalue weighted by atomic mass is 10.2. The van der Waals surface area contributed by atoms with E-state index in [1.165, 1.54) is 5.56 Å². The predicted octanol–water partition coefficient (Wildman–Crippen LogP) is 0.829. The van der Waals surface area contributed by atoms with Crippen molar-refractivity contribution in [2.75, 3.05) is 26.7 Å². The minimum atomic E-state index is -0.107. The first kappa shape index (κ1) is 14.7. The summed E-state index contributed by atoms with van der Waals surface area (Å²) in [6.07, 6.45) is 0. The zero-order valence-corrected chi connectivity index (χ0v) is 11.2. The maximum Gasteiger partial charge on any atom is 0.224 e. The Morgan fingerprint density at radius 1 is 1.39 bits per heavy atom. The molecule has 1 rings (SSSR count).